The highest BCUT2D eigenvalue weighted by atomic mass is 19.3. The van der Waals surface area contributed by atoms with Crippen molar-refractivity contribution >= 4 is 11.9 Å². The van der Waals surface area contributed by atoms with Crippen LogP contribution in [-0.2, 0) is 4.74 Å². The molecule has 0 aromatic carbocycles. The van der Waals surface area contributed by atoms with Crippen LogP contribution in [0.3, 0.4) is 0 Å². The Morgan fingerprint density at radius 3 is 2.55 bits per heavy atom. The molecular formula is C19H25F3N4O3. The van der Waals surface area contributed by atoms with Gasteiger partial charge in [-0.3, -0.25) is 0 Å². The Hall–Kier alpha value is -2.70. The highest BCUT2D eigenvalue weighted by Crippen LogP contribution is 2.45. The zero-order chi connectivity index (χ0) is 21.8. The maximum Gasteiger partial charge on any atom is 0.405 e. The van der Waals surface area contributed by atoms with E-state index in [1.807, 2.05) is 20.8 Å². The molecule has 0 bridgehead atoms. The number of aromatic nitrogens is 1. The first-order valence-corrected chi connectivity index (χ1v) is 9.24. The topological polar surface area (TPSA) is 110 Å². The Balaban J connectivity index is 2.14. The number of anilines is 1. The van der Waals surface area contributed by atoms with Gasteiger partial charge in [0.15, 0.2) is 18.2 Å². The molecule has 1 fully saturated rings. The number of hydrogen-bond donors (Lipinski definition) is 2. The maximum atomic E-state index is 14.3. The second-order valence-corrected chi connectivity index (χ2v) is 8.07. The quantitative estimate of drug-likeness (QED) is 0.729. The molecule has 160 valence electrons. The minimum Gasteiger partial charge on any atom is -0.471 e. The summed E-state index contributed by atoms with van der Waals surface area (Å²) in [5.74, 6) is -1.32. The van der Waals surface area contributed by atoms with Gasteiger partial charge in [-0.1, -0.05) is 20.8 Å². The second kappa shape index (κ2) is 8.76. The van der Waals surface area contributed by atoms with Gasteiger partial charge in [0.25, 0.3) is 6.43 Å². The van der Waals surface area contributed by atoms with E-state index in [-0.39, 0.29) is 28.7 Å². The second-order valence-electron chi connectivity index (χ2n) is 8.07. The van der Waals surface area contributed by atoms with Crippen molar-refractivity contribution in [3.63, 3.8) is 0 Å². The Labute approximate surface area is 167 Å². The molecule has 0 atom stereocenters. The molecule has 1 heterocycles. The van der Waals surface area contributed by atoms with Crippen LogP contribution in [0.15, 0.2) is 6.07 Å². The van der Waals surface area contributed by atoms with E-state index in [1.165, 1.54) is 0 Å². The van der Waals surface area contributed by atoms with Crippen LogP contribution in [0.1, 0.15) is 52.0 Å². The molecule has 2 rings (SSSR count). The molecule has 0 unspecified atom stereocenters. The molecule has 1 aromatic rings. The predicted octanol–water partition coefficient (Wildman–Crippen LogP) is 3.97. The molecule has 0 radical (unpaired) electrons. The molecule has 3 N–H and O–H groups in total. The SMILES string of the molecule is CC(C)(C)C1(OC(N)=O)CCC(Nc2nc(OCC(F)F)c(C#N)cc2F)CC1. The molecule has 1 aliphatic carbocycles. The zero-order valence-corrected chi connectivity index (χ0v) is 16.6. The van der Waals surface area contributed by atoms with Crippen molar-refractivity contribution in [1.29, 1.82) is 5.26 Å². The molecule has 1 saturated carbocycles. The fourth-order valence-corrected chi connectivity index (χ4v) is 3.52. The number of amides is 1. The van der Waals surface area contributed by atoms with Gasteiger partial charge >= 0.3 is 6.09 Å². The number of primary amides is 1. The van der Waals surface area contributed by atoms with Crippen molar-refractivity contribution in [3.8, 4) is 11.9 Å². The monoisotopic (exact) mass is 414 g/mol. The molecule has 0 saturated heterocycles. The molecule has 0 spiro atoms. The molecule has 1 aliphatic rings. The number of carbonyl (C=O) groups excluding carboxylic acids is 1. The van der Waals surface area contributed by atoms with E-state index in [0.717, 1.165) is 6.07 Å². The number of alkyl halides is 2. The molecule has 10 heteroatoms. The summed E-state index contributed by atoms with van der Waals surface area (Å²) in [6, 6.07) is 2.38. The molecule has 1 amide bonds. The van der Waals surface area contributed by atoms with Crippen molar-refractivity contribution < 1.29 is 27.4 Å². The number of halogens is 3. The van der Waals surface area contributed by atoms with Gasteiger partial charge in [0.05, 0.1) is 0 Å². The van der Waals surface area contributed by atoms with Gasteiger partial charge in [-0.05, 0) is 25.7 Å². The number of nitrogens with two attached hydrogens (primary N) is 1. The summed E-state index contributed by atoms with van der Waals surface area (Å²) < 4.78 is 49.4. The normalized spacial score (nSPS) is 22.1. The lowest BCUT2D eigenvalue weighted by atomic mass is 9.67. The minimum atomic E-state index is -2.75. The van der Waals surface area contributed by atoms with Crippen LogP contribution in [0.5, 0.6) is 5.88 Å². The average Bonchev–Trinajstić information content (AvgIpc) is 2.62. The predicted molar refractivity (Wildman–Crippen MR) is 99.1 cm³/mol. The lowest BCUT2D eigenvalue weighted by Gasteiger charge is -2.47. The number of nitrogens with one attached hydrogen (secondary N) is 1. The van der Waals surface area contributed by atoms with Crippen LogP contribution in [-0.4, -0.2) is 35.8 Å². The Kier molecular flexibility index (Phi) is 6.82. The lowest BCUT2D eigenvalue weighted by Crippen LogP contribution is -2.51. The highest BCUT2D eigenvalue weighted by Gasteiger charge is 2.47. The van der Waals surface area contributed by atoms with Crippen molar-refractivity contribution in [2.75, 3.05) is 11.9 Å². The molecular weight excluding hydrogens is 389 g/mol. The summed E-state index contributed by atoms with van der Waals surface area (Å²) in [5, 5.41) is 12.0. The number of ether oxygens (including phenoxy) is 2. The van der Waals surface area contributed by atoms with Gasteiger partial charge in [-0.15, -0.1) is 0 Å². The number of hydrogen-bond acceptors (Lipinski definition) is 6. The van der Waals surface area contributed by atoms with Crippen molar-refractivity contribution in [2.45, 2.75) is 64.5 Å². The number of nitrogens with zero attached hydrogens (tertiary/aromatic N) is 2. The molecule has 1 aromatic heterocycles. The van der Waals surface area contributed by atoms with E-state index in [4.69, 9.17) is 20.5 Å². The van der Waals surface area contributed by atoms with Gasteiger partial charge < -0.3 is 20.5 Å². The maximum absolute atomic E-state index is 14.3. The van der Waals surface area contributed by atoms with Crippen molar-refractivity contribution in [1.82, 2.24) is 4.98 Å². The van der Waals surface area contributed by atoms with E-state index in [1.54, 1.807) is 6.07 Å². The Morgan fingerprint density at radius 1 is 1.45 bits per heavy atom. The van der Waals surface area contributed by atoms with Crippen molar-refractivity contribution in [2.24, 2.45) is 11.1 Å². The summed E-state index contributed by atoms with van der Waals surface area (Å²) in [6.07, 6.45) is -1.50. The molecule has 0 aliphatic heterocycles. The fraction of sp³-hybridized carbons (Fsp3) is 0.632. The number of pyridine rings is 1. The Bertz CT molecular complexity index is 782. The van der Waals surface area contributed by atoms with Gasteiger partial charge in [0, 0.05) is 17.5 Å². The van der Waals surface area contributed by atoms with E-state index in [0.29, 0.717) is 25.7 Å². The van der Waals surface area contributed by atoms with Gasteiger partial charge in [0.2, 0.25) is 5.88 Å². The Morgan fingerprint density at radius 2 is 2.07 bits per heavy atom. The fourth-order valence-electron chi connectivity index (χ4n) is 3.52. The first kappa shape index (κ1) is 22.6. The number of rotatable bonds is 6. The van der Waals surface area contributed by atoms with E-state index < -0.39 is 30.5 Å². The molecule has 29 heavy (non-hydrogen) atoms. The summed E-state index contributed by atoms with van der Waals surface area (Å²) in [5.41, 5.74) is 3.90. The largest absolute Gasteiger partial charge is 0.471 e. The van der Waals surface area contributed by atoms with Gasteiger partial charge in [-0.25, -0.2) is 18.0 Å². The lowest BCUT2D eigenvalue weighted by molar-refractivity contribution is -0.0905. The minimum absolute atomic E-state index is 0.183. The summed E-state index contributed by atoms with van der Waals surface area (Å²) in [7, 11) is 0. The number of carbonyl (C=O) groups is 1. The summed E-state index contributed by atoms with van der Waals surface area (Å²) in [6.45, 7) is 4.92. The standard InChI is InChI=1S/C19H25F3N4O3/c1-18(2,3)19(29-17(24)27)6-4-12(5-7-19)25-15-13(20)8-11(9-23)16(26-15)28-10-14(21)22/h8,12,14H,4-7,10H2,1-3H3,(H2,24,27)(H,25,26). The van der Waals surface area contributed by atoms with Crippen LogP contribution in [0.4, 0.5) is 23.8 Å². The summed E-state index contributed by atoms with van der Waals surface area (Å²) in [4.78, 5) is 15.2. The first-order valence-electron chi connectivity index (χ1n) is 9.24. The summed E-state index contributed by atoms with van der Waals surface area (Å²) >= 11 is 0. The van der Waals surface area contributed by atoms with E-state index >= 15 is 0 Å². The van der Waals surface area contributed by atoms with E-state index in [9.17, 15) is 18.0 Å². The average molecular weight is 414 g/mol. The number of nitriles is 1. The van der Waals surface area contributed by atoms with Crippen LogP contribution in [0.2, 0.25) is 0 Å². The first-order chi connectivity index (χ1) is 13.5. The third-order valence-corrected chi connectivity index (χ3v) is 5.20. The van der Waals surface area contributed by atoms with E-state index in [2.05, 4.69) is 10.3 Å². The zero-order valence-electron chi connectivity index (χ0n) is 16.6. The third-order valence-electron chi connectivity index (χ3n) is 5.20. The van der Waals surface area contributed by atoms with Gasteiger partial charge in [-0.2, -0.15) is 10.2 Å². The van der Waals surface area contributed by atoms with Gasteiger partial charge in [0.1, 0.15) is 17.2 Å². The third kappa shape index (κ3) is 5.43. The van der Waals surface area contributed by atoms with Crippen LogP contribution in [0.25, 0.3) is 0 Å². The highest BCUT2D eigenvalue weighted by molar-refractivity contribution is 5.65. The smallest absolute Gasteiger partial charge is 0.405 e. The van der Waals surface area contributed by atoms with Crippen LogP contribution >= 0.6 is 0 Å². The van der Waals surface area contributed by atoms with Crippen LogP contribution in [0, 0.1) is 22.6 Å². The molecule has 7 nitrogen and oxygen atoms in total. The van der Waals surface area contributed by atoms with Crippen LogP contribution < -0.4 is 15.8 Å². The van der Waals surface area contributed by atoms with Crippen molar-refractivity contribution in [3.05, 3.63) is 17.4 Å².